The van der Waals surface area contributed by atoms with Crippen molar-refractivity contribution >= 4 is 11.6 Å². The summed E-state index contributed by atoms with van der Waals surface area (Å²) in [5.41, 5.74) is 2.63. The lowest BCUT2D eigenvalue weighted by atomic mass is 10.0. The number of amides is 1. The van der Waals surface area contributed by atoms with Crippen LogP contribution in [-0.4, -0.2) is 29.2 Å². The molecule has 0 saturated heterocycles. The van der Waals surface area contributed by atoms with E-state index in [4.69, 9.17) is 4.74 Å². The van der Waals surface area contributed by atoms with Crippen LogP contribution in [0.2, 0.25) is 0 Å². The molecule has 0 saturated carbocycles. The number of carbonyl (C=O) groups excluding carboxylic acids is 1. The molecule has 0 aliphatic rings. The Morgan fingerprint density at radius 3 is 2.49 bits per heavy atom. The van der Waals surface area contributed by atoms with Gasteiger partial charge in [0.1, 0.15) is 5.75 Å². The number of hydrogen-bond acceptors (Lipinski definition) is 5. The standard InChI is InChI=1S/C28H32F3N3O3/c1-4-36-24-15-13-21(14-16-24)22-9-8-10-23(19-22)34(26(35)17-12-20(2)29)18-7-5-6-11-25-32-27(37-33-25)28(3,30)31/h8-10,13-16,19H,2,4-7,11-12,17-18H2,1,3H3. The van der Waals surface area contributed by atoms with Crippen molar-refractivity contribution in [2.45, 2.75) is 58.3 Å². The lowest BCUT2D eigenvalue weighted by Crippen LogP contribution is -2.31. The van der Waals surface area contributed by atoms with E-state index in [2.05, 4.69) is 21.2 Å². The van der Waals surface area contributed by atoms with Gasteiger partial charge in [-0.05, 0) is 55.2 Å². The Morgan fingerprint density at radius 2 is 1.84 bits per heavy atom. The summed E-state index contributed by atoms with van der Waals surface area (Å²) in [6, 6.07) is 15.3. The minimum absolute atomic E-state index is 0.0134. The van der Waals surface area contributed by atoms with Gasteiger partial charge in [-0.3, -0.25) is 4.79 Å². The fraction of sp³-hybridized carbons (Fsp3) is 0.393. The van der Waals surface area contributed by atoms with Gasteiger partial charge < -0.3 is 14.2 Å². The van der Waals surface area contributed by atoms with Crippen molar-refractivity contribution in [3.8, 4) is 16.9 Å². The number of halogens is 3. The number of aryl methyl sites for hydroxylation is 1. The predicted molar refractivity (Wildman–Crippen MR) is 136 cm³/mol. The summed E-state index contributed by atoms with van der Waals surface area (Å²) in [6.45, 7) is 6.90. The first-order chi connectivity index (χ1) is 17.7. The van der Waals surface area contributed by atoms with Crippen LogP contribution < -0.4 is 9.64 Å². The molecule has 1 amide bonds. The van der Waals surface area contributed by atoms with E-state index in [0.717, 1.165) is 16.9 Å². The van der Waals surface area contributed by atoms with Crippen molar-refractivity contribution < 1.29 is 27.2 Å². The summed E-state index contributed by atoms with van der Waals surface area (Å²) in [7, 11) is 0. The normalized spacial score (nSPS) is 11.4. The molecule has 0 N–H and O–H groups in total. The van der Waals surface area contributed by atoms with E-state index < -0.39 is 17.6 Å². The molecule has 1 heterocycles. The molecule has 0 spiro atoms. The van der Waals surface area contributed by atoms with E-state index in [9.17, 15) is 18.0 Å². The summed E-state index contributed by atoms with van der Waals surface area (Å²) >= 11 is 0. The predicted octanol–water partition coefficient (Wildman–Crippen LogP) is 7.26. The van der Waals surface area contributed by atoms with E-state index >= 15 is 0 Å². The molecule has 0 radical (unpaired) electrons. The van der Waals surface area contributed by atoms with Crippen LogP contribution >= 0.6 is 0 Å². The highest BCUT2D eigenvalue weighted by atomic mass is 19.3. The number of nitrogens with zero attached hydrogens (tertiary/aromatic N) is 3. The highest BCUT2D eigenvalue weighted by molar-refractivity contribution is 5.94. The van der Waals surface area contributed by atoms with E-state index in [1.807, 2.05) is 55.5 Å². The van der Waals surface area contributed by atoms with Crippen LogP contribution in [0.3, 0.4) is 0 Å². The molecule has 3 aromatic rings. The third kappa shape index (κ3) is 8.48. The van der Waals surface area contributed by atoms with Crippen molar-refractivity contribution in [2.75, 3.05) is 18.1 Å². The van der Waals surface area contributed by atoms with Gasteiger partial charge in [-0.25, -0.2) is 4.39 Å². The Hall–Kier alpha value is -3.62. The Bertz CT molecular complexity index is 1170. The molecule has 0 aliphatic heterocycles. The molecule has 37 heavy (non-hydrogen) atoms. The molecule has 198 valence electrons. The maximum atomic E-state index is 13.3. The Morgan fingerprint density at radius 1 is 1.08 bits per heavy atom. The molecule has 9 heteroatoms. The van der Waals surface area contributed by atoms with Crippen LogP contribution in [0.1, 0.15) is 57.7 Å². The van der Waals surface area contributed by atoms with E-state index in [1.165, 1.54) is 0 Å². The lowest BCUT2D eigenvalue weighted by molar-refractivity contribution is -0.118. The molecular formula is C28H32F3N3O3. The van der Waals surface area contributed by atoms with Crippen molar-refractivity contribution in [3.05, 3.63) is 72.7 Å². The number of benzene rings is 2. The fourth-order valence-corrected chi connectivity index (χ4v) is 3.80. The van der Waals surface area contributed by atoms with Gasteiger partial charge in [-0.2, -0.15) is 13.8 Å². The van der Waals surface area contributed by atoms with Crippen molar-refractivity contribution in [1.29, 1.82) is 0 Å². The van der Waals surface area contributed by atoms with Gasteiger partial charge in [-0.1, -0.05) is 42.4 Å². The quantitative estimate of drug-likeness (QED) is 0.211. The number of anilines is 1. The molecule has 0 atom stereocenters. The number of carbonyl (C=O) groups is 1. The third-order valence-electron chi connectivity index (χ3n) is 5.69. The molecule has 6 nitrogen and oxygen atoms in total. The summed E-state index contributed by atoms with van der Waals surface area (Å²) < 4.78 is 49.9. The van der Waals surface area contributed by atoms with Crippen LogP contribution in [-0.2, 0) is 17.1 Å². The van der Waals surface area contributed by atoms with Crippen LogP contribution in [0.4, 0.5) is 18.9 Å². The van der Waals surface area contributed by atoms with Gasteiger partial charge in [0.05, 0.1) is 12.4 Å². The number of hydrogen-bond donors (Lipinski definition) is 0. The zero-order chi connectivity index (χ0) is 26.8. The zero-order valence-electron chi connectivity index (χ0n) is 21.2. The summed E-state index contributed by atoms with van der Waals surface area (Å²) in [5, 5.41) is 3.60. The molecule has 2 aromatic carbocycles. The number of allylic oxidation sites excluding steroid dienone is 1. The minimum atomic E-state index is -3.17. The summed E-state index contributed by atoms with van der Waals surface area (Å²) in [6.07, 6.45) is 2.39. The van der Waals surface area contributed by atoms with Gasteiger partial charge in [0.15, 0.2) is 5.82 Å². The fourth-order valence-electron chi connectivity index (χ4n) is 3.80. The van der Waals surface area contributed by atoms with Gasteiger partial charge >= 0.3 is 5.92 Å². The van der Waals surface area contributed by atoms with Gasteiger partial charge in [-0.15, -0.1) is 0 Å². The topological polar surface area (TPSA) is 68.5 Å². The molecule has 3 rings (SSSR count). The number of ether oxygens (including phenoxy) is 1. The maximum Gasteiger partial charge on any atom is 0.322 e. The van der Waals surface area contributed by atoms with E-state index in [-0.39, 0.29) is 24.6 Å². The Labute approximate surface area is 215 Å². The second kappa shape index (κ2) is 13.1. The lowest BCUT2D eigenvalue weighted by Gasteiger charge is -2.24. The van der Waals surface area contributed by atoms with Crippen molar-refractivity contribution in [1.82, 2.24) is 10.1 Å². The molecule has 0 bridgehead atoms. The Kier molecular flexibility index (Phi) is 9.88. The van der Waals surface area contributed by atoms with Gasteiger partial charge in [0.2, 0.25) is 5.91 Å². The molecule has 0 aliphatic carbocycles. The average molecular weight is 516 g/mol. The van der Waals surface area contributed by atoms with E-state index in [1.54, 1.807) is 4.90 Å². The number of alkyl halides is 2. The number of rotatable bonds is 14. The van der Waals surface area contributed by atoms with Crippen LogP contribution in [0.15, 0.2) is 65.5 Å². The SMILES string of the molecule is C=C(F)CCC(=O)N(CCCCCc1noc(C(C)(F)F)n1)c1cccc(-c2ccc(OCC)cc2)c1. The smallest absolute Gasteiger partial charge is 0.322 e. The molecule has 0 fully saturated rings. The first kappa shape index (κ1) is 28.0. The largest absolute Gasteiger partial charge is 0.494 e. The third-order valence-corrected chi connectivity index (χ3v) is 5.69. The van der Waals surface area contributed by atoms with Gasteiger partial charge in [0, 0.05) is 38.4 Å². The molecular weight excluding hydrogens is 483 g/mol. The minimum Gasteiger partial charge on any atom is -0.494 e. The highest BCUT2D eigenvalue weighted by Gasteiger charge is 2.31. The number of aromatic nitrogens is 2. The second-order valence-corrected chi connectivity index (χ2v) is 8.79. The van der Waals surface area contributed by atoms with Gasteiger partial charge in [0.25, 0.3) is 5.89 Å². The highest BCUT2D eigenvalue weighted by Crippen LogP contribution is 2.28. The van der Waals surface area contributed by atoms with Crippen molar-refractivity contribution in [3.63, 3.8) is 0 Å². The summed E-state index contributed by atoms with van der Waals surface area (Å²) in [5.74, 6) is -3.58. The average Bonchev–Trinajstić information content (AvgIpc) is 3.35. The molecule has 1 aromatic heterocycles. The van der Waals surface area contributed by atoms with E-state index in [0.29, 0.717) is 51.4 Å². The Balaban J connectivity index is 1.65. The van der Waals surface area contributed by atoms with Crippen LogP contribution in [0.25, 0.3) is 11.1 Å². The summed E-state index contributed by atoms with van der Waals surface area (Å²) in [4.78, 5) is 18.4. The van der Waals surface area contributed by atoms with Crippen molar-refractivity contribution in [2.24, 2.45) is 0 Å². The monoisotopic (exact) mass is 515 g/mol. The maximum absolute atomic E-state index is 13.3. The van der Waals surface area contributed by atoms with Crippen LogP contribution in [0, 0.1) is 0 Å². The number of unbranched alkanes of at least 4 members (excludes halogenated alkanes) is 2. The first-order valence-electron chi connectivity index (χ1n) is 12.3. The molecule has 0 unspecified atom stereocenters. The van der Waals surface area contributed by atoms with Crippen LogP contribution in [0.5, 0.6) is 5.75 Å². The first-order valence-corrected chi connectivity index (χ1v) is 12.3. The zero-order valence-corrected chi connectivity index (χ0v) is 21.2. The second-order valence-electron chi connectivity index (χ2n) is 8.79.